The third kappa shape index (κ3) is 4.02. The summed E-state index contributed by atoms with van der Waals surface area (Å²) in [7, 11) is 0. The minimum Gasteiger partial charge on any atom is -0.486 e. The standard InChI is InChI=1S/C20H21NO3/c1-14(16-5-3-2-4-6-16)12-21-20(23)10-15-7-8-19-17(9-15)11-18(22)13-24-19/h2-9,14H,10-13H2,1H3,(H,21,23)/t14-/m0/s1. The molecule has 0 aliphatic carbocycles. The smallest absolute Gasteiger partial charge is 0.224 e. The number of rotatable bonds is 5. The monoisotopic (exact) mass is 323 g/mol. The van der Waals surface area contributed by atoms with Crippen LogP contribution in [0.5, 0.6) is 5.75 Å². The Kier molecular flexibility index (Phi) is 4.94. The van der Waals surface area contributed by atoms with E-state index in [1.165, 1.54) is 5.56 Å². The third-order valence-corrected chi connectivity index (χ3v) is 4.24. The van der Waals surface area contributed by atoms with Crippen molar-refractivity contribution < 1.29 is 14.3 Å². The first-order valence-corrected chi connectivity index (χ1v) is 8.20. The van der Waals surface area contributed by atoms with Gasteiger partial charge in [0.2, 0.25) is 5.91 Å². The number of Topliss-reactive ketones (excluding diaryl/α,β-unsaturated/α-hetero) is 1. The van der Waals surface area contributed by atoms with Gasteiger partial charge in [0.1, 0.15) is 12.4 Å². The summed E-state index contributed by atoms with van der Waals surface area (Å²) < 4.78 is 5.37. The Morgan fingerprint density at radius 1 is 1.21 bits per heavy atom. The van der Waals surface area contributed by atoms with E-state index in [1.54, 1.807) is 0 Å². The van der Waals surface area contributed by atoms with Crippen LogP contribution >= 0.6 is 0 Å². The molecule has 24 heavy (non-hydrogen) atoms. The number of ketones is 1. The van der Waals surface area contributed by atoms with Crippen molar-refractivity contribution in [3.8, 4) is 5.75 Å². The molecule has 0 saturated carbocycles. The summed E-state index contributed by atoms with van der Waals surface area (Å²) in [6, 6.07) is 15.8. The van der Waals surface area contributed by atoms with Crippen LogP contribution in [0.2, 0.25) is 0 Å². The maximum Gasteiger partial charge on any atom is 0.224 e. The van der Waals surface area contributed by atoms with Crippen molar-refractivity contribution in [2.24, 2.45) is 0 Å². The van der Waals surface area contributed by atoms with E-state index in [4.69, 9.17) is 4.74 Å². The zero-order chi connectivity index (χ0) is 16.9. The minimum atomic E-state index is -0.0132. The van der Waals surface area contributed by atoms with Crippen molar-refractivity contribution in [3.05, 3.63) is 65.2 Å². The van der Waals surface area contributed by atoms with Crippen LogP contribution in [-0.4, -0.2) is 24.8 Å². The summed E-state index contributed by atoms with van der Waals surface area (Å²) in [5.74, 6) is 1.07. The van der Waals surface area contributed by atoms with Crippen molar-refractivity contribution in [1.82, 2.24) is 5.32 Å². The lowest BCUT2D eigenvalue weighted by molar-refractivity contribution is -0.121. The molecule has 0 bridgehead atoms. The maximum atomic E-state index is 12.2. The lowest BCUT2D eigenvalue weighted by Crippen LogP contribution is -2.29. The van der Waals surface area contributed by atoms with Crippen molar-refractivity contribution in [1.29, 1.82) is 0 Å². The summed E-state index contributed by atoms with van der Waals surface area (Å²) in [4.78, 5) is 23.6. The average molecular weight is 323 g/mol. The number of ether oxygens (including phenoxy) is 1. The van der Waals surface area contributed by atoms with Crippen LogP contribution in [0.25, 0.3) is 0 Å². The molecule has 1 aliphatic heterocycles. The second-order valence-corrected chi connectivity index (χ2v) is 6.24. The second kappa shape index (κ2) is 7.30. The molecule has 0 spiro atoms. The number of carbonyl (C=O) groups is 2. The van der Waals surface area contributed by atoms with Gasteiger partial charge in [0, 0.05) is 18.5 Å². The fourth-order valence-electron chi connectivity index (χ4n) is 2.86. The van der Waals surface area contributed by atoms with E-state index in [0.717, 1.165) is 16.9 Å². The number of hydrogen-bond donors (Lipinski definition) is 1. The quantitative estimate of drug-likeness (QED) is 0.920. The van der Waals surface area contributed by atoms with Gasteiger partial charge in [0.15, 0.2) is 5.78 Å². The third-order valence-electron chi connectivity index (χ3n) is 4.24. The Balaban J connectivity index is 1.55. The largest absolute Gasteiger partial charge is 0.486 e. The fraction of sp³-hybridized carbons (Fsp3) is 0.300. The molecular weight excluding hydrogens is 302 g/mol. The van der Waals surface area contributed by atoms with Crippen molar-refractivity contribution in [3.63, 3.8) is 0 Å². The van der Waals surface area contributed by atoms with Crippen LogP contribution in [0.1, 0.15) is 29.5 Å². The molecule has 124 valence electrons. The summed E-state index contributed by atoms with van der Waals surface area (Å²) in [5.41, 5.74) is 2.98. The van der Waals surface area contributed by atoms with E-state index in [-0.39, 0.29) is 24.2 Å². The lowest BCUT2D eigenvalue weighted by Gasteiger charge is -2.17. The van der Waals surface area contributed by atoms with E-state index in [0.29, 0.717) is 19.4 Å². The van der Waals surface area contributed by atoms with E-state index < -0.39 is 0 Å². The first-order valence-electron chi connectivity index (χ1n) is 8.20. The summed E-state index contributed by atoms with van der Waals surface area (Å²) in [6.45, 7) is 2.84. The number of nitrogens with one attached hydrogen (secondary N) is 1. The van der Waals surface area contributed by atoms with Gasteiger partial charge in [-0.05, 0) is 23.1 Å². The van der Waals surface area contributed by atoms with Crippen molar-refractivity contribution in [2.75, 3.05) is 13.2 Å². The molecule has 4 nitrogen and oxygen atoms in total. The molecule has 1 N–H and O–H groups in total. The number of amides is 1. The molecule has 3 rings (SSSR count). The maximum absolute atomic E-state index is 12.2. The summed E-state index contributed by atoms with van der Waals surface area (Å²) in [6.07, 6.45) is 0.693. The number of carbonyl (C=O) groups excluding carboxylic acids is 2. The molecule has 0 unspecified atom stereocenters. The van der Waals surface area contributed by atoms with E-state index in [1.807, 2.05) is 36.4 Å². The molecule has 1 heterocycles. The predicted octanol–water partition coefficient (Wildman–Crippen LogP) is 2.65. The number of fused-ring (bicyclic) bond motifs is 1. The molecule has 0 fully saturated rings. The van der Waals surface area contributed by atoms with Gasteiger partial charge in [-0.2, -0.15) is 0 Å². The topological polar surface area (TPSA) is 55.4 Å². The lowest BCUT2D eigenvalue weighted by atomic mass is 10.00. The first kappa shape index (κ1) is 16.2. The molecule has 2 aromatic carbocycles. The Bertz CT molecular complexity index is 740. The van der Waals surface area contributed by atoms with Crippen molar-refractivity contribution in [2.45, 2.75) is 25.7 Å². The van der Waals surface area contributed by atoms with Crippen LogP contribution in [0.15, 0.2) is 48.5 Å². The zero-order valence-electron chi connectivity index (χ0n) is 13.7. The Morgan fingerprint density at radius 2 is 2.00 bits per heavy atom. The molecule has 1 atom stereocenters. The van der Waals surface area contributed by atoms with Gasteiger partial charge in [0.05, 0.1) is 6.42 Å². The average Bonchev–Trinajstić information content (AvgIpc) is 2.60. The highest BCUT2D eigenvalue weighted by atomic mass is 16.5. The SMILES string of the molecule is C[C@@H](CNC(=O)Cc1ccc2c(c1)CC(=O)CO2)c1ccccc1. The van der Waals surface area contributed by atoms with Crippen LogP contribution in [-0.2, 0) is 22.4 Å². The van der Waals surface area contributed by atoms with Crippen LogP contribution in [0.3, 0.4) is 0 Å². The summed E-state index contributed by atoms with van der Waals surface area (Å²) >= 11 is 0. The fourth-order valence-corrected chi connectivity index (χ4v) is 2.86. The Hall–Kier alpha value is -2.62. The van der Waals surface area contributed by atoms with Crippen LogP contribution in [0, 0.1) is 0 Å². The van der Waals surface area contributed by atoms with Gasteiger partial charge in [-0.3, -0.25) is 9.59 Å². The first-order chi connectivity index (χ1) is 11.6. The molecule has 4 heteroatoms. The molecule has 1 amide bonds. The molecule has 0 saturated heterocycles. The van der Waals surface area contributed by atoms with Crippen molar-refractivity contribution >= 4 is 11.7 Å². The predicted molar refractivity (Wildman–Crippen MR) is 92.2 cm³/mol. The second-order valence-electron chi connectivity index (χ2n) is 6.24. The van der Waals surface area contributed by atoms with E-state index in [9.17, 15) is 9.59 Å². The summed E-state index contributed by atoms with van der Waals surface area (Å²) in [5, 5.41) is 2.98. The van der Waals surface area contributed by atoms with Gasteiger partial charge < -0.3 is 10.1 Å². The van der Waals surface area contributed by atoms with Crippen LogP contribution in [0.4, 0.5) is 0 Å². The Labute approximate surface area is 141 Å². The Morgan fingerprint density at radius 3 is 2.79 bits per heavy atom. The van der Waals surface area contributed by atoms with Gasteiger partial charge >= 0.3 is 0 Å². The highest BCUT2D eigenvalue weighted by molar-refractivity contribution is 5.85. The van der Waals surface area contributed by atoms with E-state index in [2.05, 4.69) is 24.4 Å². The molecular formula is C20H21NO3. The van der Waals surface area contributed by atoms with Gasteiger partial charge in [-0.15, -0.1) is 0 Å². The van der Waals surface area contributed by atoms with Gasteiger partial charge in [-0.25, -0.2) is 0 Å². The zero-order valence-corrected chi connectivity index (χ0v) is 13.7. The van der Waals surface area contributed by atoms with Gasteiger partial charge in [0.25, 0.3) is 0 Å². The highest BCUT2D eigenvalue weighted by Crippen LogP contribution is 2.24. The van der Waals surface area contributed by atoms with Crippen LogP contribution < -0.4 is 10.1 Å². The normalized spacial score (nSPS) is 14.5. The van der Waals surface area contributed by atoms with Gasteiger partial charge in [-0.1, -0.05) is 49.4 Å². The molecule has 2 aromatic rings. The minimum absolute atomic E-state index is 0.0132. The molecule has 0 aromatic heterocycles. The molecule has 0 radical (unpaired) electrons. The highest BCUT2D eigenvalue weighted by Gasteiger charge is 2.17. The molecule has 1 aliphatic rings. The number of hydrogen-bond acceptors (Lipinski definition) is 3. The van der Waals surface area contributed by atoms with E-state index >= 15 is 0 Å². The number of benzene rings is 2.